The third-order valence-corrected chi connectivity index (χ3v) is 6.08. The smallest absolute Gasteiger partial charge is 0.417 e. The number of hydrogen-bond acceptors (Lipinski definition) is 8. The maximum absolute atomic E-state index is 14.3. The van der Waals surface area contributed by atoms with Gasteiger partial charge in [-0.1, -0.05) is 19.1 Å². The minimum Gasteiger partial charge on any atom is -0.494 e. The van der Waals surface area contributed by atoms with Gasteiger partial charge in [0.1, 0.15) is 23.0 Å². The first kappa shape index (κ1) is 27.6. The van der Waals surface area contributed by atoms with Crippen molar-refractivity contribution in [1.82, 2.24) is 29.7 Å². The summed E-state index contributed by atoms with van der Waals surface area (Å²) in [6.45, 7) is 2.12. The summed E-state index contributed by atoms with van der Waals surface area (Å²) in [5.74, 6) is -1.20. The van der Waals surface area contributed by atoms with E-state index in [-0.39, 0.29) is 40.7 Å². The first-order valence-corrected chi connectivity index (χ1v) is 12.4. The molecule has 0 aliphatic carbocycles. The van der Waals surface area contributed by atoms with Crippen molar-refractivity contribution in [1.29, 1.82) is 0 Å². The van der Waals surface area contributed by atoms with Crippen LogP contribution in [0.4, 0.5) is 17.6 Å². The summed E-state index contributed by atoms with van der Waals surface area (Å²) in [5.41, 5.74) is -0.118. The van der Waals surface area contributed by atoms with Crippen molar-refractivity contribution in [3.63, 3.8) is 0 Å². The van der Waals surface area contributed by atoms with Crippen LogP contribution in [0.15, 0.2) is 67.3 Å². The maximum atomic E-state index is 14.3. The zero-order chi connectivity index (χ0) is 29.1. The minimum absolute atomic E-state index is 0.0805. The van der Waals surface area contributed by atoms with Crippen molar-refractivity contribution in [3.8, 4) is 39.9 Å². The van der Waals surface area contributed by atoms with Gasteiger partial charge in [0.2, 0.25) is 0 Å². The predicted molar refractivity (Wildman–Crippen MR) is 138 cm³/mol. The number of alkyl halides is 3. The number of halogens is 4. The second kappa shape index (κ2) is 11.3. The second-order valence-corrected chi connectivity index (χ2v) is 8.87. The highest BCUT2D eigenvalue weighted by atomic mass is 19.4. The molecule has 5 rings (SSSR count). The standard InChI is InChI=1S/C28H22F4N6O3/c1-3-10-41-17-8-9-18(20(11-17)28(30,31)32)25-33-12-16(13-34-25)24(27(39)40-2)38-15-23-22(14-35-38)36-26(37-23)19-6-4-5-7-21(19)29/h4-9,11-15,24H,3,10H2,1-2H3. The molecule has 0 radical (unpaired) electrons. The zero-order valence-corrected chi connectivity index (χ0v) is 21.8. The average Bonchev–Trinajstić information content (AvgIpc) is 3.39. The van der Waals surface area contributed by atoms with Crippen LogP contribution in [-0.2, 0) is 15.7 Å². The van der Waals surface area contributed by atoms with E-state index in [1.807, 2.05) is 6.92 Å². The van der Waals surface area contributed by atoms with E-state index in [0.29, 0.717) is 17.8 Å². The Hall–Kier alpha value is -4.94. The first-order valence-electron chi connectivity index (χ1n) is 12.4. The Bertz CT molecular complexity index is 1660. The number of carbonyl (C=O) groups excluding carboxylic acids is 1. The molecule has 13 heteroatoms. The molecule has 210 valence electrons. The molecule has 0 saturated carbocycles. The van der Waals surface area contributed by atoms with Crippen LogP contribution in [0.1, 0.15) is 30.5 Å². The van der Waals surface area contributed by atoms with Gasteiger partial charge in [0.15, 0.2) is 17.7 Å². The fraction of sp³-hybridized carbons (Fsp3) is 0.214. The molecule has 1 atom stereocenters. The largest absolute Gasteiger partial charge is 0.494 e. The molecule has 3 heterocycles. The first-order chi connectivity index (χ1) is 19.7. The monoisotopic (exact) mass is 566 g/mol. The summed E-state index contributed by atoms with van der Waals surface area (Å²) in [6.07, 6.45) is 1.20. The highest BCUT2D eigenvalue weighted by Gasteiger charge is 2.35. The molecule has 0 amide bonds. The molecule has 41 heavy (non-hydrogen) atoms. The molecule has 0 saturated heterocycles. The third kappa shape index (κ3) is 5.69. The summed E-state index contributed by atoms with van der Waals surface area (Å²) in [7, 11) is 1.18. The molecular formula is C28H22F4N6O3. The van der Waals surface area contributed by atoms with E-state index in [1.165, 1.54) is 60.8 Å². The molecule has 0 bridgehead atoms. The lowest BCUT2D eigenvalue weighted by Gasteiger charge is -2.18. The minimum atomic E-state index is -4.69. The summed E-state index contributed by atoms with van der Waals surface area (Å²) >= 11 is 0. The zero-order valence-electron chi connectivity index (χ0n) is 21.8. The molecule has 0 spiro atoms. The summed E-state index contributed by atoms with van der Waals surface area (Å²) in [6, 6.07) is 8.40. The highest BCUT2D eigenvalue weighted by Crippen LogP contribution is 2.38. The molecule has 0 fully saturated rings. The quantitative estimate of drug-likeness (QED) is 0.176. The van der Waals surface area contributed by atoms with Crippen molar-refractivity contribution < 1.29 is 31.8 Å². The fourth-order valence-corrected chi connectivity index (χ4v) is 4.13. The number of rotatable bonds is 8. The van der Waals surface area contributed by atoms with Gasteiger partial charge in [-0.25, -0.2) is 29.1 Å². The molecule has 2 aliphatic rings. The molecule has 3 aromatic rings. The normalized spacial score (nSPS) is 12.3. The van der Waals surface area contributed by atoms with Crippen molar-refractivity contribution >= 4 is 5.97 Å². The van der Waals surface area contributed by atoms with Gasteiger partial charge in [0.05, 0.1) is 37.2 Å². The Morgan fingerprint density at radius 3 is 2.39 bits per heavy atom. The Morgan fingerprint density at radius 2 is 1.71 bits per heavy atom. The lowest BCUT2D eigenvalue weighted by molar-refractivity contribution is -0.143. The van der Waals surface area contributed by atoms with E-state index in [9.17, 15) is 22.4 Å². The van der Waals surface area contributed by atoms with Crippen molar-refractivity contribution in [3.05, 3.63) is 84.2 Å². The second-order valence-electron chi connectivity index (χ2n) is 8.87. The van der Waals surface area contributed by atoms with Gasteiger partial charge in [0.25, 0.3) is 0 Å². The summed E-state index contributed by atoms with van der Waals surface area (Å²) in [5, 5.41) is 4.24. The summed E-state index contributed by atoms with van der Waals surface area (Å²) in [4.78, 5) is 29.7. The Balaban J connectivity index is 1.50. The number of esters is 1. The van der Waals surface area contributed by atoms with Crippen LogP contribution in [0, 0.1) is 5.82 Å². The van der Waals surface area contributed by atoms with Gasteiger partial charge in [-0.05, 0) is 36.8 Å². The van der Waals surface area contributed by atoms with Gasteiger partial charge in [-0.2, -0.15) is 18.3 Å². The van der Waals surface area contributed by atoms with Crippen LogP contribution in [0.25, 0.3) is 34.2 Å². The van der Waals surface area contributed by atoms with Crippen LogP contribution < -0.4 is 4.74 Å². The van der Waals surface area contributed by atoms with Crippen molar-refractivity contribution in [2.24, 2.45) is 0 Å². The van der Waals surface area contributed by atoms with E-state index in [0.717, 1.165) is 6.07 Å². The summed E-state index contributed by atoms with van der Waals surface area (Å²) < 4.78 is 67.4. The Labute approximate surface area is 231 Å². The maximum Gasteiger partial charge on any atom is 0.417 e. The molecule has 2 aliphatic heterocycles. The van der Waals surface area contributed by atoms with Gasteiger partial charge >= 0.3 is 12.1 Å². The van der Waals surface area contributed by atoms with Gasteiger partial charge in [-0.3, -0.25) is 4.68 Å². The SMILES string of the molecule is CCCOc1ccc(-c2ncc(C(C(=O)OC)n3cc4nc(-c5ccccc5F)nc-4cn3)cn2)c(C(F)(F)F)c1. The number of ether oxygens (including phenoxy) is 2. The fourth-order valence-electron chi connectivity index (χ4n) is 4.13. The molecule has 1 aromatic heterocycles. The van der Waals surface area contributed by atoms with Crippen LogP contribution >= 0.6 is 0 Å². The molecule has 0 N–H and O–H groups in total. The van der Waals surface area contributed by atoms with E-state index >= 15 is 0 Å². The van der Waals surface area contributed by atoms with Crippen molar-refractivity contribution in [2.75, 3.05) is 13.7 Å². The van der Waals surface area contributed by atoms with Gasteiger partial charge in [0, 0.05) is 23.5 Å². The van der Waals surface area contributed by atoms with E-state index in [1.54, 1.807) is 12.1 Å². The Morgan fingerprint density at radius 1 is 0.976 bits per heavy atom. The number of benzene rings is 2. The number of fused-ring (bicyclic) bond motifs is 1. The van der Waals surface area contributed by atoms with Crippen LogP contribution in [0.2, 0.25) is 0 Å². The highest BCUT2D eigenvalue weighted by molar-refractivity contribution is 5.78. The number of imidazole rings is 1. The molecule has 9 nitrogen and oxygen atoms in total. The number of carbonyl (C=O) groups is 1. The number of aromatic nitrogens is 6. The molecular weight excluding hydrogens is 544 g/mol. The van der Waals surface area contributed by atoms with Crippen LogP contribution in [0.5, 0.6) is 5.75 Å². The predicted octanol–water partition coefficient (Wildman–Crippen LogP) is 5.61. The number of hydrogen-bond donors (Lipinski definition) is 0. The average molecular weight is 567 g/mol. The van der Waals surface area contributed by atoms with Crippen LogP contribution in [-0.4, -0.2) is 49.4 Å². The Kier molecular flexibility index (Phi) is 7.60. The van der Waals surface area contributed by atoms with Gasteiger partial charge < -0.3 is 9.47 Å². The van der Waals surface area contributed by atoms with Gasteiger partial charge in [-0.15, -0.1) is 0 Å². The lowest BCUT2D eigenvalue weighted by Crippen LogP contribution is -2.24. The molecule has 1 unspecified atom stereocenters. The number of methoxy groups -OCH3 is 1. The van der Waals surface area contributed by atoms with E-state index in [2.05, 4.69) is 25.0 Å². The van der Waals surface area contributed by atoms with E-state index in [4.69, 9.17) is 9.47 Å². The number of nitrogens with zero attached hydrogens (tertiary/aromatic N) is 6. The van der Waals surface area contributed by atoms with E-state index < -0.39 is 29.6 Å². The lowest BCUT2D eigenvalue weighted by atomic mass is 10.1. The third-order valence-electron chi connectivity index (χ3n) is 6.08. The van der Waals surface area contributed by atoms with Crippen LogP contribution in [0.3, 0.4) is 0 Å². The molecule has 2 aromatic carbocycles. The van der Waals surface area contributed by atoms with Crippen molar-refractivity contribution in [2.45, 2.75) is 25.6 Å². The topological polar surface area (TPSA) is 105 Å².